The number of hydrogen-bond donors (Lipinski definition) is 0. The van der Waals surface area contributed by atoms with Gasteiger partial charge in [0.25, 0.3) is 0 Å². The van der Waals surface area contributed by atoms with Gasteiger partial charge in [-0.05, 0) is 28.9 Å². The van der Waals surface area contributed by atoms with Gasteiger partial charge in [0.1, 0.15) is 0 Å². The predicted octanol–water partition coefficient (Wildman–Crippen LogP) is 9.93. The standard InChI is InChI=1S/C37H38NO.Pt/c1-9-26(36(3,4)5)14-16-33-31-12-10-11-13-32(31)34-17-15-29(23-35(33)34)39-30-21-27(37(6,7)8)20-28(22-30)38-19-18-25(2)24-38;/h9-21,33H,1-8H3;/q-3;/b16-14+,26-9+;. The molecule has 0 fully saturated rings. The van der Waals surface area contributed by atoms with Crippen molar-refractivity contribution < 1.29 is 25.8 Å². The largest absolute Gasteiger partial charge is 0.510 e. The number of aromatic nitrogens is 1. The van der Waals surface area contributed by atoms with Gasteiger partial charge in [0.15, 0.2) is 0 Å². The SMILES string of the molecule is C/C=C(\C=C\C1c2[c-]c(Oc3[c-]c(-n4[c-]c(C)cc4)cc(C(C)(C)C)c3)ccc2-c2ccccc21)C(C)(C)C.[Pt]. The van der Waals surface area contributed by atoms with Crippen molar-refractivity contribution in [3.63, 3.8) is 0 Å². The van der Waals surface area contributed by atoms with Crippen molar-refractivity contribution in [1.29, 1.82) is 0 Å². The van der Waals surface area contributed by atoms with Gasteiger partial charge in [-0.15, -0.1) is 41.1 Å². The number of hydrogen-bond acceptors (Lipinski definition) is 1. The number of rotatable bonds is 5. The van der Waals surface area contributed by atoms with Gasteiger partial charge < -0.3 is 9.30 Å². The molecular formula is C37H38NOPt-3. The first-order valence-corrected chi connectivity index (χ1v) is 13.8. The molecule has 0 saturated carbocycles. The Hall–Kier alpha value is -3.09. The fourth-order valence-corrected chi connectivity index (χ4v) is 5.23. The van der Waals surface area contributed by atoms with Crippen LogP contribution in [0.3, 0.4) is 0 Å². The topological polar surface area (TPSA) is 14.2 Å². The van der Waals surface area contributed by atoms with E-state index in [-0.39, 0.29) is 37.8 Å². The minimum absolute atomic E-state index is 0. The molecular weight excluding hydrogens is 669 g/mol. The maximum Gasteiger partial charge on any atom is 0.0130 e. The minimum atomic E-state index is -0.0408. The monoisotopic (exact) mass is 707 g/mol. The first-order chi connectivity index (χ1) is 18.4. The third kappa shape index (κ3) is 6.13. The van der Waals surface area contributed by atoms with Gasteiger partial charge in [-0.2, -0.15) is 35.5 Å². The quantitative estimate of drug-likeness (QED) is 0.149. The van der Waals surface area contributed by atoms with E-state index in [4.69, 9.17) is 4.74 Å². The number of allylic oxidation sites excluding steroid dienone is 4. The van der Waals surface area contributed by atoms with Crippen LogP contribution in [-0.2, 0) is 26.5 Å². The third-order valence-corrected chi connectivity index (χ3v) is 7.44. The van der Waals surface area contributed by atoms with E-state index in [1.54, 1.807) is 0 Å². The molecule has 1 aliphatic carbocycles. The van der Waals surface area contributed by atoms with Gasteiger partial charge in [-0.3, -0.25) is 0 Å². The predicted molar refractivity (Wildman–Crippen MR) is 162 cm³/mol. The number of ether oxygens (including phenoxy) is 1. The second-order valence-corrected chi connectivity index (χ2v) is 12.5. The summed E-state index contributed by atoms with van der Waals surface area (Å²) >= 11 is 0. The second kappa shape index (κ2) is 11.4. The van der Waals surface area contributed by atoms with Crippen LogP contribution in [0.15, 0.2) is 84.6 Å². The molecule has 0 amide bonds. The normalized spacial score (nSPS) is 15.1. The number of fused-ring (bicyclic) bond motifs is 3. The summed E-state index contributed by atoms with van der Waals surface area (Å²) < 4.78 is 8.46. The van der Waals surface area contributed by atoms with Crippen LogP contribution in [0.4, 0.5) is 0 Å². The van der Waals surface area contributed by atoms with Gasteiger partial charge >= 0.3 is 0 Å². The summed E-state index contributed by atoms with van der Waals surface area (Å²) in [5.41, 5.74) is 9.50. The van der Waals surface area contributed by atoms with Gasteiger partial charge in [0, 0.05) is 38.5 Å². The van der Waals surface area contributed by atoms with E-state index in [0.29, 0.717) is 11.5 Å². The van der Waals surface area contributed by atoms with Crippen LogP contribution in [0.25, 0.3) is 16.8 Å². The van der Waals surface area contributed by atoms with Crippen molar-refractivity contribution >= 4 is 0 Å². The summed E-state index contributed by atoms with van der Waals surface area (Å²) in [4.78, 5) is 0. The van der Waals surface area contributed by atoms with Crippen molar-refractivity contribution in [1.82, 2.24) is 4.57 Å². The molecule has 0 aliphatic heterocycles. The zero-order valence-corrected chi connectivity index (χ0v) is 27.0. The van der Waals surface area contributed by atoms with Crippen LogP contribution in [-0.4, -0.2) is 4.57 Å². The summed E-state index contributed by atoms with van der Waals surface area (Å²) in [5.74, 6) is 1.50. The smallest absolute Gasteiger partial charge is 0.0130 e. The van der Waals surface area contributed by atoms with Gasteiger partial charge in [-0.1, -0.05) is 103 Å². The fourth-order valence-electron chi connectivity index (χ4n) is 5.23. The zero-order chi connectivity index (χ0) is 27.9. The minimum Gasteiger partial charge on any atom is -0.510 e. The van der Waals surface area contributed by atoms with Gasteiger partial charge in [-0.25, -0.2) is 0 Å². The Morgan fingerprint density at radius 1 is 0.900 bits per heavy atom. The van der Waals surface area contributed by atoms with E-state index in [2.05, 4.69) is 134 Å². The molecule has 1 heterocycles. The maximum absolute atomic E-state index is 6.48. The molecule has 0 saturated heterocycles. The van der Waals surface area contributed by atoms with E-state index in [1.165, 1.54) is 27.8 Å². The Morgan fingerprint density at radius 3 is 2.30 bits per heavy atom. The Morgan fingerprint density at radius 2 is 1.65 bits per heavy atom. The average Bonchev–Trinajstić information content (AvgIpc) is 3.44. The fraction of sp³-hybridized carbons (Fsp3) is 0.297. The number of benzene rings is 3. The summed E-state index contributed by atoms with van der Waals surface area (Å²) in [6, 6.07) is 26.3. The Labute approximate surface area is 255 Å². The molecule has 1 aromatic heterocycles. The van der Waals surface area contributed by atoms with Crippen LogP contribution in [0, 0.1) is 30.7 Å². The molecule has 1 aliphatic rings. The number of nitrogens with zero attached hydrogens (tertiary/aromatic N) is 1. The molecule has 210 valence electrons. The zero-order valence-electron chi connectivity index (χ0n) is 24.8. The molecule has 0 N–H and O–H groups in total. The Kier molecular flexibility index (Phi) is 8.53. The van der Waals surface area contributed by atoms with Gasteiger partial charge in [0.05, 0.1) is 0 Å². The van der Waals surface area contributed by atoms with Crippen molar-refractivity contribution in [3.8, 4) is 28.3 Å². The average molecular weight is 708 g/mol. The molecule has 3 heteroatoms. The molecule has 40 heavy (non-hydrogen) atoms. The summed E-state index contributed by atoms with van der Waals surface area (Å²) in [7, 11) is 0. The number of aryl methyl sites for hydroxylation is 1. The first kappa shape index (κ1) is 29.9. The molecule has 0 spiro atoms. The maximum atomic E-state index is 6.48. The van der Waals surface area contributed by atoms with Crippen LogP contribution in [0.5, 0.6) is 11.5 Å². The molecule has 1 atom stereocenters. The Balaban J connectivity index is 0.00000370. The van der Waals surface area contributed by atoms with Crippen LogP contribution < -0.4 is 4.74 Å². The van der Waals surface area contributed by atoms with Crippen molar-refractivity contribution in [2.45, 2.75) is 66.7 Å². The van der Waals surface area contributed by atoms with E-state index in [0.717, 1.165) is 16.8 Å². The van der Waals surface area contributed by atoms with Crippen LogP contribution in [0.1, 0.15) is 76.6 Å². The summed E-state index contributed by atoms with van der Waals surface area (Å²) in [5, 5.41) is 0. The van der Waals surface area contributed by atoms with Crippen molar-refractivity contribution in [2.24, 2.45) is 5.41 Å². The molecule has 0 radical (unpaired) electrons. The molecule has 1 unspecified atom stereocenters. The van der Waals surface area contributed by atoms with Crippen molar-refractivity contribution in [3.05, 3.63) is 125 Å². The first-order valence-electron chi connectivity index (χ1n) is 13.8. The molecule has 0 bridgehead atoms. The molecule has 2 nitrogen and oxygen atoms in total. The van der Waals surface area contributed by atoms with E-state index in [9.17, 15) is 0 Å². The van der Waals surface area contributed by atoms with Crippen LogP contribution in [0.2, 0.25) is 0 Å². The van der Waals surface area contributed by atoms with E-state index >= 15 is 0 Å². The summed E-state index contributed by atoms with van der Waals surface area (Å²) in [6.07, 6.45) is 12.2. The molecule has 4 aromatic rings. The van der Waals surface area contributed by atoms with Crippen molar-refractivity contribution in [2.75, 3.05) is 0 Å². The van der Waals surface area contributed by atoms with Crippen LogP contribution >= 0.6 is 0 Å². The summed E-state index contributed by atoms with van der Waals surface area (Å²) in [6.45, 7) is 17.6. The van der Waals surface area contributed by atoms with Gasteiger partial charge in [0.2, 0.25) is 0 Å². The van der Waals surface area contributed by atoms with E-state index < -0.39 is 0 Å². The van der Waals surface area contributed by atoms with E-state index in [1.807, 2.05) is 23.8 Å². The molecule has 5 rings (SSSR count). The molecule has 3 aromatic carbocycles. The second-order valence-electron chi connectivity index (χ2n) is 12.5. The third-order valence-electron chi connectivity index (χ3n) is 7.44. The Bertz CT molecular complexity index is 1570.